The molecule has 1 aromatic heterocycles. The first-order valence-electron chi connectivity index (χ1n) is 6.33. The van der Waals surface area contributed by atoms with Crippen LogP contribution in [0.15, 0.2) is 38.3 Å². The number of benzene rings is 1. The van der Waals surface area contributed by atoms with E-state index in [1.807, 2.05) is 25.1 Å². The van der Waals surface area contributed by atoms with Crippen molar-refractivity contribution in [1.82, 2.24) is 4.72 Å². The Bertz CT molecular complexity index is 733. The molecule has 3 rings (SSSR count). The summed E-state index contributed by atoms with van der Waals surface area (Å²) in [6.07, 6.45) is 1.75. The van der Waals surface area contributed by atoms with E-state index in [2.05, 4.69) is 26.7 Å². The van der Waals surface area contributed by atoms with Crippen molar-refractivity contribution < 1.29 is 8.42 Å². The highest BCUT2D eigenvalue weighted by Gasteiger charge is 2.28. The van der Waals surface area contributed by atoms with Crippen LogP contribution in [0.4, 0.5) is 0 Å². The fraction of sp³-hybridized carbons (Fsp3) is 0.286. The van der Waals surface area contributed by atoms with Gasteiger partial charge in [-0.25, -0.2) is 13.1 Å². The Morgan fingerprint density at radius 3 is 2.80 bits per heavy atom. The Kier molecular flexibility index (Phi) is 3.75. The second-order valence-corrected chi connectivity index (χ2v) is 9.24. The topological polar surface area (TPSA) is 46.2 Å². The molecule has 3 nitrogen and oxygen atoms in total. The summed E-state index contributed by atoms with van der Waals surface area (Å²) in [5, 5.41) is 0. The fourth-order valence-corrected chi connectivity index (χ4v) is 5.98. The van der Waals surface area contributed by atoms with Gasteiger partial charge in [0.2, 0.25) is 0 Å². The van der Waals surface area contributed by atoms with Crippen LogP contribution in [0.2, 0.25) is 0 Å². The summed E-state index contributed by atoms with van der Waals surface area (Å²) in [5.41, 5.74) is 3.29. The van der Waals surface area contributed by atoms with E-state index in [9.17, 15) is 8.42 Å². The maximum absolute atomic E-state index is 12.4. The lowest BCUT2D eigenvalue weighted by molar-refractivity contribution is 0.556. The number of hydrogen-bond acceptors (Lipinski definition) is 3. The van der Waals surface area contributed by atoms with Crippen LogP contribution in [-0.2, 0) is 16.4 Å². The number of sulfonamides is 1. The first kappa shape index (κ1) is 14.3. The highest BCUT2D eigenvalue weighted by molar-refractivity contribution is 9.11. The zero-order chi connectivity index (χ0) is 14.3. The van der Waals surface area contributed by atoms with Crippen LogP contribution >= 0.6 is 27.3 Å². The Morgan fingerprint density at radius 1 is 1.35 bits per heavy atom. The van der Waals surface area contributed by atoms with Crippen molar-refractivity contribution >= 4 is 37.3 Å². The van der Waals surface area contributed by atoms with Crippen LogP contribution < -0.4 is 4.72 Å². The molecule has 0 fully saturated rings. The maximum Gasteiger partial charge on any atom is 0.250 e. The van der Waals surface area contributed by atoms with Crippen LogP contribution in [0.3, 0.4) is 0 Å². The molecule has 1 unspecified atom stereocenters. The average molecular weight is 372 g/mol. The highest BCUT2D eigenvalue weighted by atomic mass is 79.9. The van der Waals surface area contributed by atoms with Gasteiger partial charge in [-0.05, 0) is 58.5 Å². The largest absolute Gasteiger partial charge is 0.250 e. The number of thiophene rings is 1. The summed E-state index contributed by atoms with van der Waals surface area (Å²) in [7, 11) is -3.45. The van der Waals surface area contributed by atoms with E-state index in [0.717, 1.165) is 27.8 Å². The molecular weight excluding hydrogens is 358 g/mol. The van der Waals surface area contributed by atoms with E-state index in [1.165, 1.54) is 16.9 Å². The van der Waals surface area contributed by atoms with Gasteiger partial charge in [-0.2, -0.15) is 0 Å². The Labute approximate surface area is 131 Å². The predicted octanol–water partition coefficient (Wildman–Crippen LogP) is 3.78. The number of aryl methyl sites for hydroxylation is 2. The zero-order valence-corrected chi connectivity index (χ0v) is 14.1. The summed E-state index contributed by atoms with van der Waals surface area (Å²) >= 11 is 4.63. The maximum atomic E-state index is 12.4. The lowest BCUT2D eigenvalue weighted by Crippen LogP contribution is -2.26. The number of halogens is 1. The summed E-state index contributed by atoms with van der Waals surface area (Å²) in [5.74, 6) is 0. The Balaban J connectivity index is 1.88. The molecule has 0 aliphatic heterocycles. The minimum atomic E-state index is -3.45. The van der Waals surface area contributed by atoms with Gasteiger partial charge >= 0.3 is 0 Å². The van der Waals surface area contributed by atoms with Gasteiger partial charge in [0.1, 0.15) is 4.21 Å². The second kappa shape index (κ2) is 5.26. The van der Waals surface area contributed by atoms with Crippen molar-refractivity contribution in [2.75, 3.05) is 0 Å². The zero-order valence-electron chi connectivity index (χ0n) is 10.9. The van der Waals surface area contributed by atoms with E-state index in [1.54, 1.807) is 6.07 Å². The lowest BCUT2D eigenvalue weighted by Gasteiger charge is -2.13. The lowest BCUT2D eigenvalue weighted by atomic mass is 10.1. The molecule has 0 saturated heterocycles. The SMILES string of the molecule is Cc1cc(S(=O)(=O)NC2CCc3ccccc32)sc1Br. The summed E-state index contributed by atoms with van der Waals surface area (Å²) in [6.45, 7) is 1.89. The van der Waals surface area contributed by atoms with Gasteiger partial charge in [-0.15, -0.1) is 11.3 Å². The van der Waals surface area contributed by atoms with Crippen molar-refractivity contribution in [3.8, 4) is 0 Å². The van der Waals surface area contributed by atoms with Gasteiger partial charge in [-0.1, -0.05) is 24.3 Å². The minimum absolute atomic E-state index is 0.114. The van der Waals surface area contributed by atoms with Crippen LogP contribution in [0.1, 0.15) is 29.2 Å². The molecule has 1 N–H and O–H groups in total. The molecule has 1 aliphatic carbocycles. The molecule has 1 atom stereocenters. The van der Waals surface area contributed by atoms with Crippen molar-refractivity contribution in [2.24, 2.45) is 0 Å². The summed E-state index contributed by atoms with van der Waals surface area (Å²) in [6, 6.07) is 9.61. The Hall–Kier alpha value is -0.690. The molecule has 0 amide bonds. The van der Waals surface area contributed by atoms with Gasteiger partial charge < -0.3 is 0 Å². The fourth-order valence-electron chi connectivity index (χ4n) is 2.49. The normalized spacial score (nSPS) is 18.2. The third-order valence-electron chi connectivity index (χ3n) is 3.53. The van der Waals surface area contributed by atoms with Gasteiger partial charge in [0.05, 0.1) is 3.79 Å². The minimum Gasteiger partial charge on any atom is -0.206 e. The smallest absolute Gasteiger partial charge is 0.206 e. The van der Waals surface area contributed by atoms with Crippen LogP contribution in [0.25, 0.3) is 0 Å². The number of hydrogen-bond donors (Lipinski definition) is 1. The summed E-state index contributed by atoms with van der Waals surface area (Å²) in [4.78, 5) is 0. The van der Waals surface area contributed by atoms with Gasteiger partial charge in [0.15, 0.2) is 0 Å². The highest BCUT2D eigenvalue weighted by Crippen LogP contribution is 2.34. The van der Waals surface area contributed by atoms with Crippen LogP contribution in [0.5, 0.6) is 0 Å². The van der Waals surface area contributed by atoms with E-state index in [-0.39, 0.29) is 6.04 Å². The molecule has 1 heterocycles. The van der Waals surface area contributed by atoms with E-state index < -0.39 is 10.0 Å². The van der Waals surface area contributed by atoms with Gasteiger partial charge in [-0.3, -0.25) is 0 Å². The second-order valence-electron chi connectivity index (χ2n) is 4.93. The van der Waals surface area contributed by atoms with E-state index in [4.69, 9.17) is 0 Å². The standard InChI is InChI=1S/C14H14BrNO2S2/c1-9-8-13(19-14(9)15)20(17,18)16-12-7-6-10-4-2-3-5-11(10)12/h2-5,8,12,16H,6-7H2,1H3. The number of fused-ring (bicyclic) bond motifs is 1. The third kappa shape index (κ3) is 2.57. The first-order chi connectivity index (χ1) is 9.47. The predicted molar refractivity (Wildman–Crippen MR) is 84.6 cm³/mol. The molecule has 6 heteroatoms. The van der Waals surface area contributed by atoms with Crippen LogP contribution in [0, 0.1) is 6.92 Å². The van der Waals surface area contributed by atoms with Crippen molar-refractivity contribution in [3.05, 3.63) is 50.8 Å². The van der Waals surface area contributed by atoms with Gasteiger partial charge in [0, 0.05) is 6.04 Å². The molecule has 2 aromatic rings. The number of nitrogens with one attached hydrogen (secondary N) is 1. The van der Waals surface area contributed by atoms with Crippen molar-refractivity contribution in [1.29, 1.82) is 0 Å². The molecule has 1 aromatic carbocycles. The molecule has 1 aliphatic rings. The first-order valence-corrected chi connectivity index (χ1v) is 9.43. The molecular formula is C14H14BrNO2S2. The monoisotopic (exact) mass is 371 g/mol. The molecule has 106 valence electrons. The number of rotatable bonds is 3. The van der Waals surface area contributed by atoms with Gasteiger partial charge in [0.25, 0.3) is 10.0 Å². The molecule has 0 saturated carbocycles. The summed E-state index contributed by atoms with van der Waals surface area (Å²) < 4.78 is 28.9. The molecule has 0 spiro atoms. The van der Waals surface area contributed by atoms with E-state index in [0.29, 0.717) is 4.21 Å². The molecule has 0 radical (unpaired) electrons. The van der Waals surface area contributed by atoms with E-state index >= 15 is 0 Å². The molecule has 20 heavy (non-hydrogen) atoms. The molecule has 0 bridgehead atoms. The Morgan fingerprint density at radius 2 is 2.10 bits per heavy atom. The van der Waals surface area contributed by atoms with Crippen molar-refractivity contribution in [3.63, 3.8) is 0 Å². The average Bonchev–Trinajstić information content (AvgIpc) is 2.95. The van der Waals surface area contributed by atoms with Crippen molar-refractivity contribution in [2.45, 2.75) is 30.0 Å². The van der Waals surface area contributed by atoms with Crippen LogP contribution in [-0.4, -0.2) is 8.42 Å². The third-order valence-corrected chi connectivity index (χ3v) is 7.61. The quantitative estimate of drug-likeness (QED) is 0.891.